The molecule has 0 aliphatic carbocycles. The average molecular weight is 510 g/mol. The predicted octanol–water partition coefficient (Wildman–Crippen LogP) is 8.15. The van der Waals surface area contributed by atoms with Crippen LogP contribution >= 0.6 is 0 Å². The van der Waals surface area contributed by atoms with E-state index in [1.54, 1.807) is 0 Å². The standard InChI is InChI=1S/C34H27N3O2/c35-32-30-21-25-13-11-10-12-24(25)20-29(30)31-22-36(26-14-4-1-5-15-26)23-37(39-28-18-8-3-9-19-28)33(31)34(32)38-27-16-6-2-7-17-27/h1-21H,22-23,35H2. The number of hydrogen-bond acceptors (Lipinski definition) is 5. The number of para-hydroxylation sites is 3. The van der Waals surface area contributed by atoms with Crippen molar-refractivity contribution in [2.75, 3.05) is 22.4 Å². The van der Waals surface area contributed by atoms with Gasteiger partial charge in [-0.15, -0.1) is 0 Å². The molecule has 0 aromatic heterocycles. The van der Waals surface area contributed by atoms with Crippen molar-refractivity contribution in [1.29, 1.82) is 0 Å². The Kier molecular flexibility index (Phi) is 5.67. The maximum Gasteiger partial charge on any atom is 0.178 e. The van der Waals surface area contributed by atoms with Crippen LogP contribution in [-0.2, 0) is 6.54 Å². The van der Waals surface area contributed by atoms with Gasteiger partial charge in [0.1, 0.15) is 18.1 Å². The second kappa shape index (κ2) is 9.62. The van der Waals surface area contributed by atoms with E-state index in [0.717, 1.165) is 50.0 Å². The first kappa shape index (κ1) is 23.0. The number of benzene rings is 6. The highest BCUT2D eigenvalue weighted by Crippen LogP contribution is 2.49. The van der Waals surface area contributed by atoms with Crippen LogP contribution in [0.5, 0.6) is 17.2 Å². The molecule has 0 radical (unpaired) electrons. The van der Waals surface area contributed by atoms with Crippen LogP contribution in [0, 0.1) is 0 Å². The zero-order valence-electron chi connectivity index (χ0n) is 21.3. The van der Waals surface area contributed by atoms with E-state index in [4.69, 9.17) is 15.3 Å². The molecule has 2 N–H and O–H groups in total. The number of nitrogens with two attached hydrogens (primary N) is 1. The van der Waals surface area contributed by atoms with Gasteiger partial charge in [-0.1, -0.05) is 78.9 Å². The summed E-state index contributed by atoms with van der Waals surface area (Å²) in [5.41, 5.74) is 10.6. The van der Waals surface area contributed by atoms with Crippen molar-refractivity contribution < 1.29 is 9.57 Å². The SMILES string of the molecule is Nc1c(Oc2ccccc2)c2c(c3cc4ccccc4cc13)CN(c1ccccc1)CN2Oc1ccccc1. The molecule has 0 fully saturated rings. The predicted molar refractivity (Wildman–Crippen MR) is 159 cm³/mol. The largest absolute Gasteiger partial charge is 0.453 e. The Morgan fingerprint density at radius 3 is 1.85 bits per heavy atom. The molecule has 190 valence electrons. The smallest absolute Gasteiger partial charge is 0.178 e. The zero-order chi connectivity index (χ0) is 26.2. The summed E-state index contributed by atoms with van der Waals surface area (Å²) in [5, 5.41) is 6.26. The summed E-state index contributed by atoms with van der Waals surface area (Å²) >= 11 is 0. The summed E-state index contributed by atoms with van der Waals surface area (Å²) in [5.74, 6) is 2.06. The molecule has 7 rings (SSSR count). The Hall–Kier alpha value is -5.16. The molecule has 0 bridgehead atoms. The minimum Gasteiger partial charge on any atom is -0.453 e. The third-order valence-corrected chi connectivity index (χ3v) is 7.19. The van der Waals surface area contributed by atoms with Crippen molar-refractivity contribution in [2.24, 2.45) is 0 Å². The van der Waals surface area contributed by atoms with Gasteiger partial charge in [0.2, 0.25) is 0 Å². The number of nitrogens with zero attached hydrogens (tertiary/aromatic N) is 2. The third-order valence-electron chi connectivity index (χ3n) is 7.19. The third kappa shape index (κ3) is 4.24. The quantitative estimate of drug-likeness (QED) is 0.188. The van der Waals surface area contributed by atoms with Gasteiger partial charge in [-0.05, 0) is 64.7 Å². The number of anilines is 3. The van der Waals surface area contributed by atoms with Gasteiger partial charge in [-0.3, -0.25) is 0 Å². The van der Waals surface area contributed by atoms with Crippen LogP contribution in [0.4, 0.5) is 17.1 Å². The van der Waals surface area contributed by atoms with E-state index in [9.17, 15) is 0 Å². The van der Waals surface area contributed by atoms with Crippen molar-refractivity contribution in [3.05, 3.63) is 133 Å². The molecule has 0 amide bonds. The van der Waals surface area contributed by atoms with E-state index < -0.39 is 0 Å². The van der Waals surface area contributed by atoms with Crippen LogP contribution in [0.3, 0.4) is 0 Å². The maximum atomic E-state index is 6.96. The molecule has 6 aromatic carbocycles. The Bertz CT molecular complexity index is 1770. The Morgan fingerprint density at radius 2 is 1.18 bits per heavy atom. The molecule has 1 aliphatic rings. The summed E-state index contributed by atoms with van der Waals surface area (Å²) in [6.07, 6.45) is 0. The lowest BCUT2D eigenvalue weighted by molar-refractivity contribution is 0.267. The molecular weight excluding hydrogens is 482 g/mol. The molecule has 6 aromatic rings. The second-order valence-corrected chi connectivity index (χ2v) is 9.69. The molecule has 0 saturated carbocycles. The first-order valence-corrected chi connectivity index (χ1v) is 13.0. The molecule has 39 heavy (non-hydrogen) atoms. The van der Waals surface area contributed by atoms with E-state index >= 15 is 0 Å². The Labute approximate surface area is 227 Å². The maximum absolute atomic E-state index is 6.96. The first-order valence-electron chi connectivity index (χ1n) is 13.0. The van der Waals surface area contributed by atoms with Gasteiger partial charge in [0, 0.05) is 23.2 Å². The Morgan fingerprint density at radius 1 is 0.615 bits per heavy atom. The number of ether oxygens (including phenoxy) is 1. The summed E-state index contributed by atoms with van der Waals surface area (Å²) in [6.45, 7) is 1.17. The van der Waals surface area contributed by atoms with Crippen LogP contribution in [0.25, 0.3) is 21.5 Å². The normalized spacial score (nSPS) is 12.9. The summed E-state index contributed by atoms with van der Waals surface area (Å²) in [7, 11) is 0. The van der Waals surface area contributed by atoms with Gasteiger partial charge in [-0.25, -0.2) is 0 Å². The highest BCUT2D eigenvalue weighted by atomic mass is 16.7. The number of hydroxylamine groups is 1. The van der Waals surface area contributed by atoms with Gasteiger partial charge in [-0.2, -0.15) is 5.06 Å². The van der Waals surface area contributed by atoms with Crippen LogP contribution < -0.4 is 25.3 Å². The van der Waals surface area contributed by atoms with Gasteiger partial charge >= 0.3 is 0 Å². The lowest BCUT2D eigenvalue weighted by Crippen LogP contribution is -2.44. The van der Waals surface area contributed by atoms with Crippen molar-refractivity contribution in [3.63, 3.8) is 0 Å². The summed E-state index contributed by atoms with van der Waals surface area (Å²) in [4.78, 5) is 8.87. The monoisotopic (exact) mass is 509 g/mol. The van der Waals surface area contributed by atoms with E-state index in [1.165, 1.54) is 0 Å². The van der Waals surface area contributed by atoms with Crippen LogP contribution in [-0.4, -0.2) is 6.67 Å². The van der Waals surface area contributed by atoms with E-state index in [0.29, 0.717) is 24.7 Å². The molecule has 5 nitrogen and oxygen atoms in total. The minimum atomic E-state index is 0.496. The number of nitrogen functional groups attached to an aromatic ring is 1. The van der Waals surface area contributed by atoms with E-state index in [2.05, 4.69) is 65.6 Å². The summed E-state index contributed by atoms with van der Waals surface area (Å²) < 4.78 is 6.57. The summed E-state index contributed by atoms with van der Waals surface area (Å²) in [6, 6.07) is 42.8. The molecule has 5 heteroatoms. The first-order chi connectivity index (χ1) is 19.2. The van der Waals surface area contributed by atoms with Gasteiger partial charge < -0.3 is 20.2 Å². The van der Waals surface area contributed by atoms with Crippen molar-refractivity contribution in [3.8, 4) is 17.2 Å². The number of hydrogen-bond donors (Lipinski definition) is 1. The van der Waals surface area contributed by atoms with Crippen molar-refractivity contribution in [1.82, 2.24) is 0 Å². The van der Waals surface area contributed by atoms with Crippen LogP contribution in [0.2, 0.25) is 0 Å². The van der Waals surface area contributed by atoms with E-state index in [-0.39, 0.29) is 0 Å². The van der Waals surface area contributed by atoms with Crippen molar-refractivity contribution >= 4 is 38.6 Å². The lowest BCUT2D eigenvalue weighted by Gasteiger charge is -2.40. The van der Waals surface area contributed by atoms with Crippen LogP contribution in [0.15, 0.2) is 127 Å². The highest BCUT2D eigenvalue weighted by molar-refractivity contribution is 6.09. The van der Waals surface area contributed by atoms with Gasteiger partial charge in [0.15, 0.2) is 11.5 Å². The zero-order valence-corrected chi connectivity index (χ0v) is 21.3. The number of rotatable bonds is 5. The molecule has 0 spiro atoms. The highest BCUT2D eigenvalue weighted by Gasteiger charge is 2.32. The molecule has 0 unspecified atom stereocenters. The van der Waals surface area contributed by atoms with Gasteiger partial charge in [0.25, 0.3) is 0 Å². The molecule has 1 aliphatic heterocycles. The van der Waals surface area contributed by atoms with E-state index in [1.807, 2.05) is 71.8 Å². The molecule has 0 saturated heterocycles. The molecule has 1 heterocycles. The second-order valence-electron chi connectivity index (χ2n) is 9.69. The lowest BCUT2D eigenvalue weighted by atomic mass is 9.94. The average Bonchev–Trinajstić information content (AvgIpc) is 3.00. The number of fused-ring (bicyclic) bond motifs is 4. The van der Waals surface area contributed by atoms with Crippen LogP contribution in [0.1, 0.15) is 5.56 Å². The fraction of sp³-hybridized carbons (Fsp3) is 0.0588. The minimum absolute atomic E-state index is 0.496. The fourth-order valence-corrected chi connectivity index (χ4v) is 5.32. The molecular formula is C34H27N3O2. The van der Waals surface area contributed by atoms with Gasteiger partial charge in [0.05, 0.1) is 5.69 Å². The Balaban J connectivity index is 1.50. The van der Waals surface area contributed by atoms with Crippen molar-refractivity contribution in [2.45, 2.75) is 6.54 Å². The molecule has 0 atom stereocenters. The fourth-order valence-electron chi connectivity index (χ4n) is 5.32. The topological polar surface area (TPSA) is 51.0 Å².